The van der Waals surface area contributed by atoms with Gasteiger partial charge in [-0.05, 0) is 44.6 Å². The average Bonchev–Trinajstić information content (AvgIpc) is 3.05. The van der Waals surface area contributed by atoms with Gasteiger partial charge < -0.3 is 15.4 Å². The van der Waals surface area contributed by atoms with Crippen molar-refractivity contribution in [2.75, 3.05) is 20.2 Å². The molecule has 18 heavy (non-hydrogen) atoms. The molecule has 3 atom stereocenters. The first-order valence-corrected chi connectivity index (χ1v) is 7.29. The van der Waals surface area contributed by atoms with Crippen LogP contribution in [-0.2, 0) is 9.53 Å². The molecular weight excluding hydrogens is 228 g/mol. The van der Waals surface area contributed by atoms with Gasteiger partial charge in [0.2, 0.25) is 5.91 Å². The van der Waals surface area contributed by atoms with Crippen molar-refractivity contribution in [2.45, 2.75) is 57.1 Å². The third-order valence-electron chi connectivity index (χ3n) is 4.52. The molecule has 4 heteroatoms. The van der Waals surface area contributed by atoms with Gasteiger partial charge in [0.05, 0.1) is 6.10 Å². The quantitative estimate of drug-likeness (QED) is 0.809. The summed E-state index contributed by atoms with van der Waals surface area (Å²) in [6.45, 7) is 1.57. The highest BCUT2D eigenvalue weighted by Gasteiger charge is 2.31. The topological polar surface area (TPSA) is 55.6 Å². The van der Waals surface area contributed by atoms with Gasteiger partial charge in [-0.15, -0.1) is 0 Å². The molecule has 2 aliphatic rings. The van der Waals surface area contributed by atoms with E-state index >= 15 is 0 Å². The zero-order chi connectivity index (χ0) is 13.0. The Morgan fingerprint density at radius 1 is 1.33 bits per heavy atom. The number of ether oxygens (including phenoxy) is 1. The summed E-state index contributed by atoms with van der Waals surface area (Å²) in [7, 11) is 1.94. The van der Waals surface area contributed by atoms with Gasteiger partial charge in [0.1, 0.15) is 0 Å². The summed E-state index contributed by atoms with van der Waals surface area (Å²) in [5, 5.41) is 0. The Morgan fingerprint density at radius 3 is 2.83 bits per heavy atom. The highest BCUT2D eigenvalue weighted by atomic mass is 16.5. The minimum Gasteiger partial charge on any atom is -0.378 e. The van der Waals surface area contributed by atoms with Crippen LogP contribution in [0.5, 0.6) is 0 Å². The Kier molecular flexibility index (Phi) is 5.01. The number of amides is 1. The van der Waals surface area contributed by atoms with Crippen LogP contribution in [0.25, 0.3) is 0 Å². The molecule has 0 radical (unpaired) electrons. The van der Waals surface area contributed by atoms with Crippen LogP contribution in [0.2, 0.25) is 0 Å². The second-order valence-corrected chi connectivity index (χ2v) is 5.67. The maximum Gasteiger partial charge on any atom is 0.222 e. The smallest absolute Gasteiger partial charge is 0.222 e. The molecular formula is C14H26N2O2. The van der Waals surface area contributed by atoms with Crippen LogP contribution in [0, 0.1) is 5.92 Å². The zero-order valence-electron chi connectivity index (χ0n) is 11.4. The molecule has 2 N–H and O–H groups in total. The number of hydrogen-bond donors (Lipinski definition) is 1. The fourth-order valence-electron chi connectivity index (χ4n) is 3.32. The van der Waals surface area contributed by atoms with E-state index in [1.54, 1.807) is 0 Å². The molecule has 1 aliphatic heterocycles. The summed E-state index contributed by atoms with van der Waals surface area (Å²) in [6.07, 6.45) is 7.57. The monoisotopic (exact) mass is 254 g/mol. The molecule has 1 saturated carbocycles. The molecule has 0 aromatic rings. The predicted molar refractivity (Wildman–Crippen MR) is 71.2 cm³/mol. The third kappa shape index (κ3) is 3.23. The first kappa shape index (κ1) is 13.8. The molecule has 0 spiro atoms. The van der Waals surface area contributed by atoms with E-state index in [1.165, 1.54) is 12.8 Å². The second kappa shape index (κ2) is 6.53. The van der Waals surface area contributed by atoms with Gasteiger partial charge in [-0.2, -0.15) is 0 Å². The lowest BCUT2D eigenvalue weighted by Crippen LogP contribution is -2.41. The number of hydrogen-bond acceptors (Lipinski definition) is 3. The van der Waals surface area contributed by atoms with Crippen molar-refractivity contribution < 1.29 is 9.53 Å². The molecule has 3 unspecified atom stereocenters. The van der Waals surface area contributed by atoms with Crippen molar-refractivity contribution in [1.29, 1.82) is 0 Å². The summed E-state index contributed by atoms with van der Waals surface area (Å²) in [4.78, 5) is 14.1. The van der Waals surface area contributed by atoms with Gasteiger partial charge in [-0.1, -0.05) is 6.42 Å². The minimum atomic E-state index is 0.260. The van der Waals surface area contributed by atoms with Crippen LogP contribution < -0.4 is 5.73 Å². The molecule has 4 nitrogen and oxygen atoms in total. The average molecular weight is 254 g/mol. The van der Waals surface area contributed by atoms with Gasteiger partial charge in [-0.3, -0.25) is 4.79 Å². The molecule has 1 heterocycles. The van der Waals surface area contributed by atoms with Gasteiger partial charge >= 0.3 is 0 Å². The lowest BCUT2D eigenvalue weighted by atomic mass is 10.0. The van der Waals surface area contributed by atoms with Crippen molar-refractivity contribution in [1.82, 2.24) is 4.90 Å². The highest BCUT2D eigenvalue weighted by Crippen LogP contribution is 2.29. The lowest BCUT2D eigenvalue weighted by molar-refractivity contribution is -0.133. The van der Waals surface area contributed by atoms with Crippen LogP contribution in [0.15, 0.2) is 0 Å². The minimum absolute atomic E-state index is 0.260. The van der Waals surface area contributed by atoms with Crippen molar-refractivity contribution in [2.24, 2.45) is 11.7 Å². The summed E-state index contributed by atoms with van der Waals surface area (Å²) in [6, 6.07) is 0.368. The van der Waals surface area contributed by atoms with Crippen LogP contribution in [0.1, 0.15) is 44.9 Å². The van der Waals surface area contributed by atoms with E-state index in [9.17, 15) is 4.79 Å². The van der Waals surface area contributed by atoms with Gasteiger partial charge in [-0.25, -0.2) is 0 Å². The normalized spacial score (nSPS) is 31.8. The largest absolute Gasteiger partial charge is 0.378 e. The fraction of sp³-hybridized carbons (Fsp3) is 0.929. The Labute approximate surface area is 110 Å². The maximum absolute atomic E-state index is 12.2. The van der Waals surface area contributed by atoms with Gasteiger partial charge in [0, 0.05) is 26.1 Å². The Hall–Kier alpha value is -0.610. The van der Waals surface area contributed by atoms with Gasteiger partial charge in [0.15, 0.2) is 0 Å². The zero-order valence-corrected chi connectivity index (χ0v) is 11.4. The van der Waals surface area contributed by atoms with E-state index in [4.69, 9.17) is 10.5 Å². The summed E-state index contributed by atoms with van der Waals surface area (Å²) >= 11 is 0. The standard InChI is InChI=1S/C14H26N2O2/c1-16(13-6-2-4-11(13)10-15)14(17)8-7-12-5-3-9-18-12/h11-13H,2-10,15H2,1H3. The van der Waals surface area contributed by atoms with Crippen LogP contribution in [0.4, 0.5) is 0 Å². The Balaban J connectivity index is 1.76. The van der Waals surface area contributed by atoms with E-state index in [2.05, 4.69) is 0 Å². The highest BCUT2D eigenvalue weighted by molar-refractivity contribution is 5.76. The Morgan fingerprint density at radius 2 is 2.17 bits per heavy atom. The second-order valence-electron chi connectivity index (χ2n) is 5.67. The van der Waals surface area contributed by atoms with E-state index in [0.29, 0.717) is 31.0 Å². The van der Waals surface area contributed by atoms with Crippen molar-refractivity contribution in [3.05, 3.63) is 0 Å². The summed E-state index contributed by atoms with van der Waals surface area (Å²) in [5.41, 5.74) is 5.78. The summed E-state index contributed by atoms with van der Waals surface area (Å²) < 4.78 is 5.56. The molecule has 0 aromatic heterocycles. The summed E-state index contributed by atoms with van der Waals surface area (Å²) in [5.74, 6) is 0.762. The van der Waals surface area contributed by atoms with Crippen LogP contribution in [0.3, 0.4) is 0 Å². The molecule has 1 amide bonds. The van der Waals surface area contributed by atoms with Crippen LogP contribution >= 0.6 is 0 Å². The predicted octanol–water partition coefficient (Wildman–Crippen LogP) is 1.53. The number of nitrogens with two attached hydrogens (primary N) is 1. The maximum atomic E-state index is 12.2. The van der Waals surface area contributed by atoms with E-state index in [1.807, 2.05) is 11.9 Å². The molecule has 1 aliphatic carbocycles. The number of nitrogens with zero attached hydrogens (tertiary/aromatic N) is 1. The van der Waals surface area contributed by atoms with Crippen LogP contribution in [-0.4, -0.2) is 43.2 Å². The molecule has 1 saturated heterocycles. The van der Waals surface area contributed by atoms with Crippen molar-refractivity contribution in [3.63, 3.8) is 0 Å². The lowest BCUT2D eigenvalue weighted by Gasteiger charge is -2.29. The number of carbonyl (C=O) groups excluding carboxylic acids is 1. The van der Waals surface area contributed by atoms with Crippen molar-refractivity contribution in [3.8, 4) is 0 Å². The Bertz CT molecular complexity index is 277. The SMILES string of the molecule is CN(C(=O)CCC1CCCO1)C1CCCC1CN. The molecule has 2 rings (SSSR count). The third-order valence-corrected chi connectivity index (χ3v) is 4.52. The number of rotatable bonds is 5. The molecule has 2 fully saturated rings. The fourth-order valence-corrected chi connectivity index (χ4v) is 3.32. The molecule has 0 aromatic carbocycles. The molecule has 0 bridgehead atoms. The first-order chi connectivity index (χ1) is 8.72. The van der Waals surface area contributed by atoms with E-state index in [-0.39, 0.29) is 5.91 Å². The van der Waals surface area contributed by atoms with Gasteiger partial charge in [0.25, 0.3) is 0 Å². The van der Waals surface area contributed by atoms with E-state index in [0.717, 1.165) is 32.3 Å². The van der Waals surface area contributed by atoms with Crippen molar-refractivity contribution >= 4 is 5.91 Å². The molecule has 104 valence electrons. The first-order valence-electron chi connectivity index (χ1n) is 7.29. The number of carbonyl (C=O) groups is 1. The van der Waals surface area contributed by atoms with E-state index < -0.39 is 0 Å².